The van der Waals surface area contributed by atoms with E-state index in [1.54, 1.807) is 0 Å². The maximum atomic E-state index is 8.97. The molecule has 6 rings (SSSR count). The zero-order valence-corrected chi connectivity index (χ0v) is 17.0. The Bertz CT molecular complexity index is 1330. The van der Waals surface area contributed by atoms with Gasteiger partial charge in [0.15, 0.2) is 0 Å². The molecule has 0 saturated carbocycles. The van der Waals surface area contributed by atoms with Crippen LogP contribution in [0, 0.1) is 5.41 Å². The van der Waals surface area contributed by atoms with Crippen molar-refractivity contribution in [2.24, 2.45) is 0 Å². The summed E-state index contributed by atoms with van der Waals surface area (Å²) in [6, 6.07) is 21.3. The van der Waals surface area contributed by atoms with Gasteiger partial charge in [0.1, 0.15) is 0 Å². The molecule has 2 aliphatic carbocycles. The van der Waals surface area contributed by atoms with Gasteiger partial charge in [-0.05, 0) is 44.8 Å². The molecule has 1 N–H and O–H groups in total. The predicted molar refractivity (Wildman–Crippen MR) is 130 cm³/mol. The van der Waals surface area contributed by atoms with E-state index in [0.717, 1.165) is 11.4 Å². The Hall–Kier alpha value is -3.85. The molecule has 2 aliphatic rings. The Balaban J connectivity index is 1.42. The molecule has 3 nitrogen and oxygen atoms in total. The van der Waals surface area contributed by atoms with E-state index in [4.69, 9.17) is 5.41 Å². The molecule has 4 aromatic carbocycles. The molecule has 3 heteroatoms. The molecule has 0 unspecified atom stereocenters. The number of nitrogens with one attached hydrogen (secondary N) is 1. The van der Waals surface area contributed by atoms with E-state index in [2.05, 4.69) is 85.0 Å². The Morgan fingerprint density at radius 3 is 1.53 bits per heavy atom. The Kier molecular flexibility index (Phi) is 3.45. The largest absolute Gasteiger partial charge is 0.315 e. The molecule has 0 spiro atoms. The maximum absolute atomic E-state index is 8.97. The smallest absolute Gasteiger partial charge is 0.202 e. The van der Waals surface area contributed by atoms with Crippen LogP contribution in [0.25, 0.3) is 45.8 Å². The van der Waals surface area contributed by atoms with Crippen LogP contribution in [0.2, 0.25) is 0 Å². The summed E-state index contributed by atoms with van der Waals surface area (Å²) in [4.78, 5) is 3.95. The summed E-state index contributed by atoms with van der Waals surface area (Å²) >= 11 is 0. The van der Waals surface area contributed by atoms with Crippen LogP contribution in [0.4, 0.5) is 11.4 Å². The molecule has 0 bridgehead atoms. The number of anilines is 2. The average Bonchev–Trinajstić information content (AvgIpc) is 3.41. The van der Waals surface area contributed by atoms with Crippen molar-refractivity contribution in [3.8, 4) is 0 Å². The lowest BCUT2D eigenvalue weighted by molar-refractivity contribution is 1.12. The fourth-order valence-corrected chi connectivity index (χ4v) is 4.85. The van der Waals surface area contributed by atoms with Crippen LogP contribution in [-0.4, -0.2) is 20.1 Å². The standard InChI is InChI=1S/C27H21N3/c1-29(23-15-11-19-7-3-5-17-9-13-21(23)25(17)19)27(28)30(2)24-16-12-20-8-4-6-18-10-14-22(24)26(18)20/h3-16,28H,1-2H3. The van der Waals surface area contributed by atoms with Gasteiger partial charge in [0.05, 0.1) is 11.4 Å². The van der Waals surface area contributed by atoms with Crippen molar-refractivity contribution >= 4 is 63.2 Å². The second-order valence-corrected chi connectivity index (χ2v) is 8.00. The van der Waals surface area contributed by atoms with E-state index < -0.39 is 0 Å². The molecule has 0 aliphatic heterocycles. The lowest BCUT2D eigenvalue weighted by atomic mass is 10.0. The van der Waals surface area contributed by atoms with Gasteiger partial charge in [0.25, 0.3) is 0 Å². The molecule has 0 aromatic heterocycles. The number of benzene rings is 4. The van der Waals surface area contributed by atoms with E-state index in [9.17, 15) is 0 Å². The monoisotopic (exact) mass is 387 g/mol. The topological polar surface area (TPSA) is 30.3 Å². The van der Waals surface area contributed by atoms with E-state index in [-0.39, 0.29) is 0 Å². The molecule has 30 heavy (non-hydrogen) atoms. The summed E-state index contributed by atoms with van der Waals surface area (Å²) < 4.78 is 0. The summed E-state index contributed by atoms with van der Waals surface area (Å²) in [5.74, 6) is 0.441. The highest BCUT2D eigenvalue weighted by Gasteiger charge is 2.22. The lowest BCUT2D eigenvalue weighted by Crippen LogP contribution is -2.40. The zero-order valence-electron chi connectivity index (χ0n) is 17.0. The summed E-state index contributed by atoms with van der Waals surface area (Å²) in [6.45, 7) is 0. The first-order valence-corrected chi connectivity index (χ1v) is 10.2. The third-order valence-electron chi connectivity index (χ3n) is 6.41. The third-order valence-corrected chi connectivity index (χ3v) is 6.41. The number of hydrogen-bond donors (Lipinski definition) is 1. The molecule has 0 atom stereocenters. The van der Waals surface area contributed by atoms with Crippen molar-refractivity contribution in [3.63, 3.8) is 0 Å². The van der Waals surface area contributed by atoms with E-state index in [1.165, 1.54) is 43.8 Å². The van der Waals surface area contributed by atoms with Crippen molar-refractivity contribution in [1.82, 2.24) is 0 Å². The molecule has 4 aromatic rings. The first-order valence-electron chi connectivity index (χ1n) is 10.2. The van der Waals surface area contributed by atoms with Gasteiger partial charge >= 0.3 is 0 Å². The van der Waals surface area contributed by atoms with Gasteiger partial charge in [-0.2, -0.15) is 0 Å². The van der Waals surface area contributed by atoms with Crippen LogP contribution in [0.3, 0.4) is 0 Å². The van der Waals surface area contributed by atoms with Gasteiger partial charge in [-0.15, -0.1) is 0 Å². The molecule has 0 heterocycles. The summed E-state index contributed by atoms with van der Waals surface area (Å²) in [6.07, 6.45) is 8.67. The normalized spacial score (nSPS) is 12.9. The highest BCUT2D eigenvalue weighted by molar-refractivity contribution is 6.15. The van der Waals surface area contributed by atoms with Gasteiger partial charge in [0, 0.05) is 25.2 Å². The quantitative estimate of drug-likeness (QED) is 0.273. The van der Waals surface area contributed by atoms with E-state index >= 15 is 0 Å². The van der Waals surface area contributed by atoms with Crippen molar-refractivity contribution in [1.29, 1.82) is 5.41 Å². The van der Waals surface area contributed by atoms with Crippen molar-refractivity contribution < 1.29 is 0 Å². The molecule has 144 valence electrons. The minimum absolute atomic E-state index is 0.441. The zero-order chi connectivity index (χ0) is 20.4. The molecule has 0 amide bonds. The summed E-state index contributed by atoms with van der Waals surface area (Å²) in [5.41, 5.74) is 6.97. The molecular formula is C27H21N3. The van der Waals surface area contributed by atoms with E-state index in [1.807, 2.05) is 23.9 Å². The van der Waals surface area contributed by atoms with Gasteiger partial charge in [-0.3, -0.25) is 5.41 Å². The van der Waals surface area contributed by atoms with Gasteiger partial charge in [-0.25, -0.2) is 0 Å². The molecule has 0 radical (unpaired) electrons. The number of rotatable bonds is 2. The fraction of sp³-hybridized carbons (Fsp3) is 0.0741. The highest BCUT2D eigenvalue weighted by Crippen LogP contribution is 2.39. The highest BCUT2D eigenvalue weighted by atomic mass is 15.3. The Morgan fingerprint density at radius 2 is 1.07 bits per heavy atom. The average molecular weight is 387 g/mol. The SMILES string of the molecule is CN(C(=N)N(C)c1ccc2cccc3c2c1C=C3)c1ccc2cccc3c2c1C=C3. The number of hydrogen-bond acceptors (Lipinski definition) is 1. The van der Waals surface area contributed by atoms with Gasteiger partial charge < -0.3 is 9.80 Å². The number of guanidine groups is 1. The summed E-state index contributed by atoms with van der Waals surface area (Å²) in [5, 5.41) is 14.0. The van der Waals surface area contributed by atoms with E-state index in [0.29, 0.717) is 5.96 Å². The molecular weight excluding hydrogens is 366 g/mol. The van der Waals surface area contributed by atoms with Crippen LogP contribution in [-0.2, 0) is 0 Å². The van der Waals surface area contributed by atoms with Crippen LogP contribution in [0.1, 0.15) is 22.3 Å². The molecule has 0 fully saturated rings. The van der Waals surface area contributed by atoms with Crippen molar-refractivity contribution in [2.45, 2.75) is 0 Å². The number of nitrogens with zero attached hydrogens (tertiary/aromatic N) is 2. The predicted octanol–water partition coefficient (Wildman–Crippen LogP) is 6.47. The summed E-state index contributed by atoms with van der Waals surface area (Å²) in [7, 11) is 3.96. The second kappa shape index (κ2) is 6.07. The van der Waals surface area contributed by atoms with Crippen molar-refractivity contribution in [2.75, 3.05) is 23.9 Å². The van der Waals surface area contributed by atoms with Crippen LogP contribution in [0.15, 0.2) is 60.7 Å². The van der Waals surface area contributed by atoms with Crippen molar-refractivity contribution in [3.05, 3.63) is 82.9 Å². The Labute approximate surface area is 175 Å². The first-order chi connectivity index (χ1) is 14.6. The van der Waals surface area contributed by atoms with Crippen LogP contribution >= 0.6 is 0 Å². The fourth-order valence-electron chi connectivity index (χ4n) is 4.85. The van der Waals surface area contributed by atoms with Gasteiger partial charge in [0.2, 0.25) is 5.96 Å². The van der Waals surface area contributed by atoms with Crippen LogP contribution < -0.4 is 9.80 Å². The first kappa shape index (κ1) is 17.0. The Morgan fingerprint density at radius 1 is 0.600 bits per heavy atom. The molecule has 0 saturated heterocycles. The third kappa shape index (κ3) is 2.23. The minimum atomic E-state index is 0.441. The van der Waals surface area contributed by atoms with Gasteiger partial charge in [-0.1, -0.05) is 72.8 Å². The lowest BCUT2D eigenvalue weighted by Gasteiger charge is -2.30. The maximum Gasteiger partial charge on any atom is 0.202 e. The van der Waals surface area contributed by atoms with Crippen LogP contribution in [0.5, 0.6) is 0 Å². The second-order valence-electron chi connectivity index (χ2n) is 8.00. The minimum Gasteiger partial charge on any atom is -0.315 e.